The van der Waals surface area contributed by atoms with Crippen LogP contribution in [0.25, 0.3) is 0 Å². The number of aliphatic hydroxyl groups is 1. The molecule has 2 heteroatoms. The normalized spacial score (nSPS) is 26.0. The van der Waals surface area contributed by atoms with Crippen molar-refractivity contribution in [2.24, 2.45) is 17.8 Å². The zero-order valence-corrected chi connectivity index (χ0v) is 21.0. The van der Waals surface area contributed by atoms with Gasteiger partial charge in [0.2, 0.25) is 0 Å². The molecule has 0 radical (unpaired) electrons. The lowest BCUT2D eigenvalue weighted by Gasteiger charge is -2.39. The maximum atomic E-state index is 10.7. The SMILES string of the molecule is C=CCC(O)(CC=C)C1CCC(CCC)CC1.CCCC1CCC(c2ccncc2)CC1. The molecule has 0 aliphatic heterocycles. The minimum absolute atomic E-state index is 0.437. The zero-order chi connectivity index (χ0) is 23.2. The van der Waals surface area contributed by atoms with Crippen molar-refractivity contribution in [3.05, 3.63) is 55.4 Å². The predicted molar refractivity (Wildman–Crippen MR) is 139 cm³/mol. The first-order valence-electron chi connectivity index (χ1n) is 13.4. The summed E-state index contributed by atoms with van der Waals surface area (Å²) in [4.78, 5) is 4.08. The minimum atomic E-state index is -0.583. The van der Waals surface area contributed by atoms with Crippen molar-refractivity contribution in [2.75, 3.05) is 0 Å². The van der Waals surface area contributed by atoms with Gasteiger partial charge in [0.15, 0.2) is 0 Å². The lowest BCUT2D eigenvalue weighted by molar-refractivity contribution is -0.0338. The van der Waals surface area contributed by atoms with Crippen molar-refractivity contribution in [1.29, 1.82) is 0 Å². The standard InChI is InChI=1S/C16H28O.C14H21N/c1-4-7-14-8-10-15(11-9-14)16(17,12-5-2)13-6-3;1-2-3-12-4-6-13(7-5-12)14-8-10-15-11-9-14/h5-6,14-15,17H,2-4,7-13H2,1H3;8-13H,2-7H2,1H3. The van der Waals surface area contributed by atoms with Gasteiger partial charge in [-0.1, -0.05) is 64.5 Å². The molecule has 32 heavy (non-hydrogen) atoms. The van der Waals surface area contributed by atoms with Crippen molar-refractivity contribution < 1.29 is 5.11 Å². The Morgan fingerprint density at radius 1 is 0.844 bits per heavy atom. The Kier molecular flexibility index (Phi) is 12.3. The third-order valence-electron chi connectivity index (χ3n) is 8.02. The molecular weight excluding hydrogens is 390 g/mol. The Morgan fingerprint density at radius 2 is 1.31 bits per heavy atom. The maximum Gasteiger partial charge on any atom is 0.0744 e. The average Bonchev–Trinajstić information content (AvgIpc) is 2.82. The molecule has 2 aliphatic rings. The summed E-state index contributed by atoms with van der Waals surface area (Å²) in [6.45, 7) is 12.1. The van der Waals surface area contributed by atoms with Gasteiger partial charge in [-0.15, -0.1) is 13.2 Å². The van der Waals surface area contributed by atoms with Crippen molar-refractivity contribution in [2.45, 2.75) is 115 Å². The Balaban J connectivity index is 0.000000228. The van der Waals surface area contributed by atoms with E-state index in [-0.39, 0.29) is 0 Å². The summed E-state index contributed by atoms with van der Waals surface area (Å²) in [5, 5.41) is 10.7. The predicted octanol–water partition coefficient (Wildman–Crippen LogP) is 8.63. The van der Waals surface area contributed by atoms with Crippen LogP contribution in [0, 0.1) is 17.8 Å². The summed E-state index contributed by atoms with van der Waals surface area (Å²) in [5.41, 5.74) is 0.917. The van der Waals surface area contributed by atoms with Crippen LogP contribution in [0.2, 0.25) is 0 Å². The van der Waals surface area contributed by atoms with Crippen molar-refractivity contribution in [3.63, 3.8) is 0 Å². The fraction of sp³-hybridized carbons (Fsp3) is 0.700. The summed E-state index contributed by atoms with van der Waals surface area (Å²) in [6.07, 6.45) is 24.9. The Hall–Kier alpha value is -1.41. The molecule has 0 atom stereocenters. The lowest BCUT2D eigenvalue weighted by atomic mass is 9.70. The van der Waals surface area contributed by atoms with Gasteiger partial charge in [-0.3, -0.25) is 4.98 Å². The van der Waals surface area contributed by atoms with Crippen LogP contribution in [0.4, 0.5) is 0 Å². The van der Waals surface area contributed by atoms with Crippen LogP contribution in [0.15, 0.2) is 49.8 Å². The van der Waals surface area contributed by atoms with Gasteiger partial charge in [0, 0.05) is 12.4 Å². The van der Waals surface area contributed by atoms with Gasteiger partial charge < -0.3 is 5.11 Å². The second-order valence-electron chi connectivity index (χ2n) is 10.4. The van der Waals surface area contributed by atoms with Gasteiger partial charge in [0.25, 0.3) is 0 Å². The summed E-state index contributed by atoms with van der Waals surface area (Å²) in [6, 6.07) is 4.37. The zero-order valence-electron chi connectivity index (χ0n) is 21.0. The molecule has 2 aliphatic carbocycles. The van der Waals surface area contributed by atoms with E-state index in [4.69, 9.17) is 0 Å². The van der Waals surface area contributed by atoms with Gasteiger partial charge >= 0.3 is 0 Å². The first kappa shape index (κ1) is 26.8. The molecule has 180 valence electrons. The molecule has 3 rings (SSSR count). The Labute approximate surface area is 198 Å². The van der Waals surface area contributed by atoms with E-state index in [9.17, 15) is 5.11 Å². The fourth-order valence-electron chi connectivity index (χ4n) is 6.14. The molecule has 0 aromatic carbocycles. The number of aromatic nitrogens is 1. The third-order valence-corrected chi connectivity index (χ3v) is 8.02. The first-order chi connectivity index (χ1) is 15.6. The molecule has 0 saturated heterocycles. The highest BCUT2D eigenvalue weighted by Gasteiger charge is 2.36. The van der Waals surface area contributed by atoms with E-state index in [1.807, 2.05) is 24.5 Å². The second-order valence-corrected chi connectivity index (χ2v) is 10.4. The van der Waals surface area contributed by atoms with Gasteiger partial charge in [0.05, 0.1) is 5.60 Å². The molecule has 0 bridgehead atoms. The van der Waals surface area contributed by atoms with Crippen LogP contribution in [0.1, 0.15) is 115 Å². The largest absolute Gasteiger partial charge is 0.389 e. The molecule has 0 amide bonds. The van der Waals surface area contributed by atoms with Gasteiger partial charge in [-0.05, 0) is 92.7 Å². The van der Waals surface area contributed by atoms with E-state index < -0.39 is 5.60 Å². The van der Waals surface area contributed by atoms with E-state index >= 15 is 0 Å². The topological polar surface area (TPSA) is 33.1 Å². The van der Waals surface area contributed by atoms with Crippen molar-refractivity contribution in [1.82, 2.24) is 4.98 Å². The summed E-state index contributed by atoms with van der Waals surface area (Å²) in [5.74, 6) is 3.15. The lowest BCUT2D eigenvalue weighted by Crippen LogP contribution is -2.39. The molecule has 1 heterocycles. The van der Waals surface area contributed by atoms with E-state index in [2.05, 4.69) is 44.1 Å². The van der Waals surface area contributed by atoms with Crippen LogP contribution in [0.3, 0.4) is 0 Å². The molecule has 2 nitrogen and oxygen atoms in total. The van der Waals surface area contributed by atoms with Crippen LogP contribution in [-0.2, 0) is 0 Å². The second kappa shape index (κ2) is 14.7. The molecule has 0 spiro atoms. The number of nitrogens with zero attached hydrogens (tertiary/aromatic N) is 1. The molecule has 0 unspecified atom stereocenters. The molecule has 1 aromatic rings. The fourth-order valence-corrected chi connectivity index (χ4v) is 6.14. The highest BCUT2D eigenvalue weighted by atomic mass is 16.3. The number of hydrogen-bond acceptors (Lipinski definition) is 2. The van der Waals surface area contributed by atoms with Gasteiger partial charge in [-0.2, -0.15) is 0 Å². The Bertz CT molecular complexity index is 613. The van der Waals surface area contributed by atoms with Gasteiger partial charge in [0.1, 0.15) is 0 Å². The smallest absolute Gasteiger partial charge is 0.0744 e. The third kappa shape index (κ3) is 8.50. The van der Waals surface area contributed by atoms with Gasteiger partial charge in [-0.25, -0.2) is 0 Å². The summed E-state index contributed by atoms with van der Waals surface area (Å²) < 4.78 is 0. The highest BCUT2D eigenvalue weighted by molar-refractivity contribution is 5.16. The summed E-state index contributed by atoms with van der Waals surface area (Å²) >= 11 is 0. The Morgan fingerprint density at radius 3 is 1.75 bits per heavy atom. The molecule has 2 fully saturated rings. The van der Waals surface area contributed by atoms with Crippen LogP contribution in [0.5, 0.6) is 0 Å². The molecule has 1 N–H and O–H groups in total. The van der Waals surface area contributed by atoms with E-state index in [1.54, 1.807) is 0 Å². The van der Waals surface area contributed by atoms with Crippen molar-refractivity contribution in [3.8, 4) is 0 Å². The minimum Gasteiger partial charge on any atom is -0.389 e. The number of hydrogen-bond donors (Lipinski definition) is 1. The van der Waals surface area contributed by atoms with E-state index in [1.165, 1.54) is 82.6 Å². The van der Waals surface area contributed by atoms with Crippen LogP contribution >= 0.6 is 0 Å². The monoisotopic (exact) mass is 439 g/mol. The van der Waals surface area contributed by atoms with E-state index in [0.29, 0.717) is 18.8 Å². The quantitative estimate of drug-likeness (QED) is 0.370. The molecule has 1 aromatic heterocycles. The molecule has 2 saturated carbocycles. The highest BCUT2D eigenvalue weighted by Crippen LogP contribution is 2.40. The maximum absolute atomic E-state index is 10.7. The first-order valence-corrected chi connectivity index (χ1v) is 13.4. The molecular formula is C30H49NO. The van der Waals surface area contributed by atoms with Crippen LogP contribution < -0.4 is 0 Å². The number of rotatable bonds is 10. The van der Waals surface area contributed by atoms with Crippen molar-refractivity contribution >= 4 is 0 Å². The number of pyridine rings is 1. The van der Waals surface area contributed by atoms with Crippen LogP contribution in [-0.4, -0.2) is 15.7 Å². The van der Waals surface area contributed by atoms with E-state index in [0.717, 1.165) is 17.8 Å². The summed E-state index contributed by atoms with van der Waals surface area (Å²) in [7, 11) is 0. The average molecular weight is 440 g/mol.